The summed E-state index contributed by atoms with van der Waals surface area (Å²) in [4.78, 5) is 12.3. The zero-order valence-electron chi connectivity index (χ0n) is 15.8. The summed E-state index contributed by atoms with van der Waals surface area (Å²) < 4.78 is 1.98. The number of carbonyl (C=O) groups is 1. The quantitative estimate of drug-likeness (QED) is 0.632. The Bertz CT molecular complexity index is 908. The van der Waals surface area contributed by atoms with Gasteiger partial charge in [0.25, 0.3) is 0 Å². The highest BCUT2D eigenvalue weighted by Crippen LogP contribution is 2.22. The van der Waals surface area contributed by atoms with Crippen molar-refractivity contribution in [3.05, 3.63) is 71.5 Å². The van der Waals surface area contributed by atoms with Gasteiger partial charge in [0.15, 0.2) is 5.16 Å². The van der Waals surface area contributed by atoms with Gasteiger partial charge in [-0.05, 0) is 43.0 Å². The maximum atomic E-state index is 12.3. The Balaban J connectivity index is 1.58. The SMILES string of the molecule is Cc1cccc(-n2c(C)nnc2SCC(=O)NCC(C)c2ccccc2)c1. The second kappa shape index (κ2) is 8.86. The Morgan fingerprint density at radius 3 is 2.63 bits per heavy atom. The second-order valence-electron chi connectivity index (χ2n) is 6.61. The average Bonchev–Trinajstić information content (AvgIpc) is 3.05. The number of thioether (sulfide) groups is 1. The fraction of sp³-hybridized carbons (Fsp3) is 0.286. The molecule has 1 N–H and O–H groups in total. The van der Waals surface area contributed by atoms with E-state index in [1.165, 1.54) is 22.9 Å². The largest absolute Gasteiger partial charge is 0.355 e. The molecule has 0 aliphatic heterocycles. The van der Waals surface area contributed by atoms with Gasteiger partial charge in [0.2, 0.25) is 5.91 Å². The predicted molar refractivity (Wildman–Crippen MR) is 109 cm³/mol. The maximum Gasteiger partial charge on any atom is 0.230 e. The molecule has 1 atom stereocenters. The van der Waals surface area contributed by atoms with Gasteiger partial charge in [-0.3, -0.25) is 9.36 Å². The molecule has 6 heteroatoms. The van der Waals surface area contributed by atoms with Crippen molar-refractivity contribution in [1.82, 2.24) is 20.1 Å². The first-order valence-electron chi connectivity index (χ1n) is 8.98. The van der Waals surface area contributed by atoms with E-state index in [0.29, 0.717) is 12.3 Å². The molecule has 0 radical (unpaired) electrons. The minimum atomic E-state index is -0.000716. The highest BCUT2D eigenvalue weighted by molar-refractivity contribution is 7.99. The van der Waals surface area contributed by atoms with Gasteiger partial charge in [0.1, 0.15) is 5.82 Å². The molecule has 0 saturated carbocycles. The molecule has 1 aromatic heterocycles. The number of carbonyl (C=O) groups excluding carboxylic acids is 1. The topological polar surface area (TPSA) is 59.8 Å². The number of benzene rings is 2. The Morgan fingerprint density at radius 1 is 1.11 bits per heavy atom. The summed E-state index contributed by atoms with van der Waals surface area (Å²) in [5.41, 5.74) is 3.41. The third-order valence-electron chi connectivity index (χ3n) is 4.36. The van der Waals surface area contributed by atoms with Crippen LogP contribution in [0.15, 0.2) is 59.8 Å². The lowest BCUT2D eigenvalue weighted by atomic mass is 10.0. The van der Waals surface area contributed by atoms with Crippen LogP contribution in [0.1, 0.15) is 29.8 Å². The van der Waals surface area contributed by atoms with Crippen LogP contribution in [-0.4, -0.2) is 33.0 Å². The first-order chi connectivity index (χ1) is 13.0. The Hall–Kier alpha value is -2.60. The van der Waals surface area contributed by atoms with Crippen LogP contribution in [0.25, 0.3) is 5.69 Å². The molecular formula is C21H24N4OS. The van der Waals surface area contributed by atoms with Gasteiger partial charge in [-0.25, -0.2) is 0 Å². The van der Waals surface area contributed by atoms with Crippen LogP contribution in [0.5, 0.6) is 0 Å². The normalized spacial score (nSPS) is 12.0. The van der Waals surface area contributed by atoms with E-state index in [9.17, 15) is 4.79 Å². The fourth-order valence-corrected chi connectivity index (χ4v) is 3.68. The van der Waals surface area contributed by atoms with E-state index in [1.807, 2.05) is 41.8 Å². The van der Waals surface area contributed by atoms with E-state index >= 15 is 0 Å². The molecule has 0 aliphatic rings. The second-order valence-corrected chi connectivity index (χ2v) is 7.55. The summed E-state index contributed by atoms with van der Waals surface area (Å²) >= 11 is 1.40. The first-order valence-corrected chi connectivity index (χ1v) is 9.96. The smallest absolute Gasteiger partial charge is 0.230 e. The van der Waals surface area contributed by atoms with Crippen molar-refractivity contribution in [2.75, 3.05) is 12.3 Å². The van der Waals surface area contributed by atoms with Crippen LogP contribution < -0.4 is 5.32 Å². The number of aryl methyl sites for hydroxylation is 2. The molecule has 1 unspecified atom stereocenters. The van der Waals surface area contributed by atoms with E-state index in [4.69, 9.17) is 0 Å². The average molecular weight is 381 g/mol. The van der Waals surface area contributed by atoms with Crippen molar-refractivity contribution in [2.24, 2.45) is 0 Å². The van der Waals surface area contributed by atoms with E-state index in [-0.39, 0.29) is 11.8 Å². The minimum Gasteiger partial charge on any atom is -0.355 e. The van der Waals surface area contributed by atoms with E-state index < -0.39 is 0 Å². The van der Waals surface area contributed by atoms with E-state index in [2.05, 4.69) is 53.6 Å². The molecule has 0 aliphatic carbocycles. The van der Waals surface area contributed by atoms with Crippen LogP contribution in [0.2, 0.25) is 0 Å². The molecule has 5 nitrogen and oxygen atoms in total. The molecule has 3 aromatic rings. The van der Waals surface area contributed by atoms with Crippen LogP contribution in [0.3, 0.4) is 0 Å². The van der Waals surface area contributed by atoms with Gasteiger partial charge >= 0.3 is 0 Å². The molecule has 0 fully saturated rings. The van der Waals surface area contributed by atoms with Crippen molar-refractivity contribution < 1.29 is 4.79 Å². The number of aromatic nitrogens is 3. The van der Waals surface area contributed by atoms with Gasteiger partial charge < -0.3 is 5.32 Å². The van der Waals surface area contributed by atoms with Crippen LogP contribution >= 0.6 is 11.8 Å². The molecule has 2 aromatic carbocycles. The highest BCUT2D eigenvalue weighted by Gasteiger charge is 2.14. The lowest BCUT2D eigenvalue weighted by molar-refractivity contribution is -0.118. The number of hydrogen-bond acceptors (Lipinski definition) is 4. The van der Waals surface area contributed by atoms with Crippen LogP contribution in [-0.2, 0) is 4.79 Å². The number of rotatable bonds is 7. The summed E-state index contributed by atoms with van der Waals surface area (Å²) in [6, 6.07) is 18.4. The third-order valence-corrected chi connectivity index (χ3v) is 5.29. The molecule has 0 bridgehead atoms. The van der Waals surface area contributed by atoms with Crippen LogP contribution in [0, 0.1) is 13.8 Å². The zero-order valence-corrected chi connectivity index (χ0v) is 16.7. The van der Waals surface area contributed by atoms with Gasteiger partial charge in [-0.15, -0.1) is 10.2 Å². The van der Waals surface area contributed by atoms with Crippen LogP contribution in [0.4, 0.5) is 0 Å². The van der Waals surface area contributed by atoms with Gasteiger partial charge in [-0.1, -0.05) is 61.2 Å². The Kier molecular flexibility index (Phi) is 6.29. The first kappa shape index (κ1) is 19.2. The van der Waals surface area contributed by atoms with Crippen molar-refractivity contribution >= 4 is 17.7 Å². The lowest BCUT2D eigenvalue weighted by Gasteiger charge is -2.13. The predicted octanol–water partition coefficient (Wildman–Crippen LogP) is 3.90. The molecule has 27 heavy (non-hydrogen) atoms. The monoisotopic (exact) mass is 380 g/mol. The summed E-state index contributed by atoms with van der Waals surface area (Å²) in [7, 11) is 0. The summed E-state index contributed by atoms with van der Waals surface area (Å²) in [6.07, 6.45) is 0. The maximum absolute atomic E-state index is 12.3. The standard InChI is InChI=1S/C21H24N4OS/c1-15-8-7-11-19(12-15)25-17(3)23-24-21(25)27-14-20(26)22-13-16(2)18-9-5-4-6-10-18/h4-12,16H,13-14H2,1-3H3,(H,22,26). The highest BCUT2D eigenvalue weighted by atomic mass is 32.2. The van der Waals surface area contributed by atoms with E-state index in [1.54, 1.807) is 0 Å². The van der Waals surface area contributed by atoms with Gasteiger partial charge in [0, 0.05) is 12.2 Å². The van der Waals surface area contributed by atoms with Gasteiger partial charge in [-0.2, -0.15) is 0 Å². The molecule has 1 heterocycles. The fourth-order valence-electron chi connectivity index (χ4n) is 2.85. The third kappa shape index (κ3) is 4.98. The molecule has 1 amide bonds. The summed E-state index contributed by atoms with van der Waals surface area (Å²) in [5, 5.41) is 12.1. The molecular weight excluding hydrogens is 356 g/mol. The summed E-state index contributed by atoms with van der Waals surface area (Å²) in [6.45, 7) is 6.70. The minimum absolute atomic E-state index is 0.000716. The Labute approximate surface area is 164 Å². The molecule has 0 spiro atoms. The number of nitrogens with zero attached hydrogens (tertiary/aromatic N) is 3. The van der Waals surface area contributed by atoms with Crippen molar-refractivity contribution in [3.63, 3.8) is 0 Å². The number of hydrogen-bond donors (Lipinski definition) is 1. The molecule has 0 saturated heterocycles. The summed E-state index contributed by atoms with van der Waals surface area (Å²) in [5.74, 6) is 1.39. The van der Waals surface area contributed by atoms with Crippen molar-refractivity contribution in [2.45, 2.75) is 31.8 Å². The van der Waals surface area contributed by atoms with Gasteiger partial charge in [0.05, 0.1) is 5.75 Å². The molecule has 3 rings (SSSR count). The number of amides is 1. The molecule has 140 valence electrons. The van der Waals surface area contributed by atoms with Crippen molar-refractivity contribution in [1.29, 1.82) is 0 Å². The lowest BCUT2D eigenvalue weighted by Crippen LogP contribution is -2.29. The Morgan fingerprint density at radius 2 is 1.89 bits per heavy atom. The zero-order chi connectivity index (χ0) is 19.2. The number of nitrogens with one attached hydrogen (secondary N) is 1. The van der Waals surface area contributed by atoms with E-state index in [0.717, 1.165) is 16.7 Å². The van der Waals surface area contributed by atoms with Crippen molar-refractivity contribution in [3.8, 4) is 5.69 Å².